The van der Waals surface area contributed by atoms with Crippen molar-refractivity contribution in [1.29, 1.82) is 0 Å². The molecule has 2 aromatic rings. The zero-order valence-electron chi connectivity index (χ0n) is 11.8. The number of fused-ring (bicyclic) bond motifs is 1. The number of hydrogen-bond donors (Lipinski definition) is 1. The third kappa shape index (κ3) is 1.91. The highest BCUT2D eigenvalue weighted by Gasteiger charge is 2.30. The summed E-state index contributed by atoms with van der Waals surface area (Å²) in [5, 5.41) is 0. The number of rotatable bonds is 2. The molecule has 1 aromatic carbocycles. The summed E-state index contributed by atoms with van der Waals surface area (Å²) in [6.07, 6.45) is 2.41. The van der Waals surface area contributed by atoms with E-state index in [4.69, 9.17) is 0 Å². The first-order valence-electron chi connectivity index (χ1n) is 7.05. The van der Waals surface area contributed by atoms with Gasteiger partial charge in [-0.2, -0.15) is 0 Å². The highest BCUT2D eigenvalue weighted by molar-refractivity contribution is 5.78. The number of hydrogen-bond acceptors (Lipinski definition) is 2. The van der Waals surface area contributed by atoms with Crippen LogP contribution in [0.25, 0.3) is 11.0 Å². The van der Waals surface area contributed by atoms with Crippen molar-refractivity contribution in [2.75, 3.05) is 6.54 Å². The van der Waals surface area contributed by atoms with E-state index in [0.717, 1.165) is 36.0 Å². The van der Waals surface area contributed by atoms with Crippen LogP contribution in [0, 0.1) is 6.92 Å². The number of imidazole rings is 1. The standard InChI is InChI=1S/C15H21N3O/c1-10(2)17-9-5-8-13(17)18-14-11(3)6-4-7-12(14)16-15(18)19/h4,6-7,10,13H,5,8-9H2,1-3H3,(H,16,19). The van der Waals surface area contributed by atoms with Crippen molar-refractivity contribution < 1.29 is 0 Å². The van der Waals surface area contributed by atoms with Gasteiger partial charge < -0.3 is 4.98 Å². The Labute approximate surface area is 113 Å². The van der Waals surface area contributed by atoms with Crippen LogP contribution in [0.4, 0.5) is 0 Å². The Hall–Kier alpha value is -1.55. The summed E-state index contributed by atoms with van der Waals surface area (Å²) in [6.45, 7) is 7.55. The van der Waals surface area contributed by atoms with E-state index in [2.05, 4.69) is 36.7 Å². The molecule has 3 rings (SSSR count). The van der Waals surface area contributed by atoms with E-state index in [-0.39, 0.29) is 11.9 Å². The van der Waals surface area contributed by atoms with E-state index in [9.17, 15) is 4.79 Å². The maximum atomic E-state index is 12.3. The summed E-state index contributed by atoms with van der Waals surface area (Å²) >= 11 is 0. The zero-order valence-corrected chi connectivity index (χ0v) is 11.8. The van der Waals surface area contributed by atoms with E-state index >= 15 is 0 Å². The maximum absolute atomic E-state index is 12.3. The average Bonchev–Trinajstić information content (AvgIpc) is 2.92. The van der Waals surface area contributed by atoms with Gasteiger partial charge in [0, 0.05) is 12.6 Å². The molecule has 19 heavy (non-hydrogen) atoms. The molecule has 2 heterocycles. The van der Waals surface area contributed by atoms with Gasteiger partial charge in [-0.05, 0) is 45.2 Å². The van der Waals surface area contributed by atoms with Crippen molar-refractivity contribution >= 4 is 11.0 Å². The quantitative estimate of drug-likeness (QED) is 0.900. The molecule has 1 aliphatic heterocycles. The van der Waals surface area contributed by atoms with E-state index in [0.29, 0.717) is 6.04 Å². The second-order valence-electron chi connectivity index (χ2n) is 5.73. The molecular formula is C15H21N3O. The second kappa shape index (κ2) is 4.53. The highest BCUT2D eigenvalue weighted by atomic mass is 16.1. The minimum atomic E-state index is 0.0156. The first kappa shape index (κ1) is 12.5. The van der Waals surface area contributed by atoms with Crippen LogP contribution in [0.5, 0.6) is 0 Å². The van der Waals surface area contributed by atoms with Gasteiger partial charge in [-0.15, -0.1) is 0 Å². The minimum absolute atomic E-state index is 0.0156. The SMILES string of the molecule is Cc1cccc2[nH]c(=O)n(C3CCCN3C(C)C)c12. The number of aryl methyl sites for hydroxylation is 1. The van der Waals surface area contributed by atoms with E-state index < -0.39 is 0 Å². The van der Waals surface area contributed by atoms with Crippen molar-refractivity contribution in [3.63, 3.8) is 0 Å². The van der Waals surface area contributed by atoms with Crippen molar-refractivity contribution in [2.24, 2.45) is 0 Å². The Morgan fingerprint density at radius 3 is 2.89 bits per heavy atom. The molecule has 1 aromatic heterocycles. The molecule has 0 saturated carbocycles. The van der Waals surface area contributed by atoms with Crippen LogP contribution in [0.1, 0.15) is 38.4 Å². The van der Waals surface area contributed by atoms with Crippen LogP contribution in [0.2, 0.25) is 0 Å². The molecule has 1 saturated heterocycles. The van der Waals surface area contributed by atoms with E-state index in [1.165, 1.54) is 0 Å². The Kier molecular flexibility index (Phi) is 2.97. The molecule has 1 aliphatic rings. The second-order valence-corrected chi connectivity index (χ2v) is 5.73. The van der Waals surface area contributed by atoms with Gasteiger partial charge in [0.05, 0.1) is 17.2 Å². The van der Waals surface area contributed by atoms with Crippen molar-refractivity contribution in [1.82, 2.24) is 14.5 Å². The Morgan fingerprint density at radius 2 is 2.16 bits per heavy atom. The summed E-state index contributed by atoms with van der Waals surface area (Å²) in [5.41, 5.74) is 3.18. The fraction of sp³-hybridized carbons (Fsp3) is 0.533. The minimum Gasteiger partial charge on any atom is -0.305 e. The Balaban J connectivity index is 2.20. The first-order valence-corrected chi connectivity index (χ1v) is 7.05. The largest absolute Gasteiger partial charge is 0.327 e. The van der Waals surface area contributed by atoms with Crippen LogP contribution in [0.15, 0.2) is 23.0 Å². The molecule has 1 unspecified atom stereocenters. The molecule has 0 bridgehead atoms. The molecule has 0 radical (unpaired) electrons. The van der Waals surface area contributed by atoms with Crippen LogP contribution in [0.3, 0.4) is 0 Å². The molecule has 0 aliphatic carbocycles. The van der Waals surface area contributed by atoms with Crippen LogP contribution >= 0.6 is 0 Å². The van der Waals surface area contributed by atoms with Crippen molar-refractivity contribution in [2.45, 2.75) is 45.8 Å². The first-order chi connectivity index (χ1) is 9.09. The topological polar surface area (TPSA) is 41.0 Å². The van der Waals surface area contributed by atoms with Gasteiger partial charge in [-0.3, -0.25) is 9.47 Å². The Bertz CT molecular complexity index is 653. The van der Waals surface area contributed by atoms with Gasteiger partial charge in [-0.1, -0.05) is 12.1 Å². The predicted molar refractivity (Wildman–Crippen MR) is 77.4 cm³/mol. The fourth-order valence-corrected chi connectivity index (χ4v) is 3.29. The van der Waals surface area contributed by atoms with Crippen LogP contribution < -0.4 is 5.69 Å². The lowest BCUT2D eigenvalue weighted by Gasteiger charge is -2.29. The van der Waals surface area contributed by atoms with Gasteiger partial charge in [0.2, 0.25) is 0 Å². The van der Waals surface area contributed by atoms with Crippen molar-refractivity contribution in [3.8, 4) is 0 Å². The van der Waals surface area contributed by atoms with Gasteiger partial charge in [-0.25, -0.2) is 4.79 Å². The molecule has 0 spiro atoms. The van der Waals surface area contributed by atoms with Crippen LogP contribution in [-0.4, -0.2) is 27.0 Å². The monoisotopic (exact) mass is 259 g/mol. The lowest BCUT2D eigenvalue weighted by Crippen LogP contribution is -2.37. The molecule has 1 N–H and O–H groups in total. The van der Waals surface area contributed by atoms with Crippen molar-refractivity contribution in [3.05, 3.63) is 34.2 Å². The number of H-pyrrole nitrogens is 1. The lowest BCUT2D eigenvalue weighted by molar-refractivity contribution is 0.152. The molecule has 1 atom stereocenters. The third-order valence-corrected chi connectivity index (χ3v) is 4.16. The zero-order chi connectivity index (χ0) is 13.6. The predicted octanol–water partition coefficient (Wildman–Crippen LogP) is 2.64. The number of aromatic nitrogens is 2. The number of benzene rings is 1. The molecule has 4 heteroatoms. The van der Waals surface area contributed by atoms with Gasteiger partial charge in [0.1, 0.15) is 0 Å². The van der Waals surface area contributed by atoms with E-state index in [1.807, 2.05) is 16.7 Å². The van der Waals surface area contributed by atoms with Gasteiger partial charge in [0.25, 0.3) is 0 Å². The van der Waals surface area contributed by atoms with Crippen LogP contribution in [-0.2, 0) is 0 Å². The average molecular weight is 259 g/mol. The summed E-state index contributed by atoms with van der Waals surface area (Å²) < 4.78 is 1.96. The molecule has 102 valence electrons. The highest BCUT2D eigenvalue weighted by Crippen LogP contribution is 2.30. The number of likely N-dealkylation sites (tertiary alicyclic amines) is 1. The maximum Gasteiger partial charge on any atom is 0.327 e. The number of para-hydroxylation sites is 1. The molecule has 1 fully saturated rings. The summed E-state index contributed by atoms with van der Waals surface area (Å²) in [7, 11) is 0. The molecular weight excluding hydrogens is 238 g/mol. The normalized spacial score (nSPS) is 20.7. The summed E-state index contributed by atoms with van der Waals surface area (Å²) in [5.74, 6) is 0. The molecule has 0 amide bonds. The third-order valence-electron chi connectivity index (χ3n) is 4.16. The fourth-order valence-electron chi connectivity index (χ4n) is 3.29. The van der Waals surface area contributed by atoms with Gasteiger partial charge in [0.15, 0.2) is 0 Å². The van der Waals surface area contributed by atoms with E-state index in [1.54, 1.807) is 0 Å². The number of nitrogens with one attached hydrogen (secondary N) is 1. The number of aromatic amines is 1. The lowest BCUT2D eigenvalue weighted by atomic mass is 10.2. The summed E-state index contributed by atoms with van der Waals surface area (Å²) in [4.78, 5) is 17.7. The van der Waals surface area contributed by atoms with Gasteiger partial charge >= 0.3 is 5.69 Å². The Morgan fingerprint density at radius 1 is 1.37 bits per heavy atom. The smallest absolute Gasteiger partial charge is 0.305 e. The molecule has 4 nitrogen and oxygen atoms in total. The summed E-state index contributed by atoms with van der Waals surface area (Å²) in [6, 6.07) is 6.51. The number of nitrogens with zero attached hydrogens (tertiary/aromatic N) is 2.